The maximum absolute atomic E-state index is 12.7. The lowest BCUT2D eigenvalue weighted by Gasteiger charge is -2.13. The molecular formula is C16H9BrN2O3S2. The zero-order chi connectivity index (χ0) is 16.7. The topological polar surface area (TPSA) is 51.7 Å². The van der Waals surface area contributed by atoms with Gasteiger partial charge in [0.25, 0.3) is 5.91 Å². The number of amides is 1. The first-order chi connectivity index (χ1) is 11.6. The highest BCUT2D eigenvalue weighted by molar-refractivity contribution is 9.10. The minimum Gasteiger partial charge on any atom is -0.454 e. The fraction of sp³-hybridized carbons (Fsp3) is 0.0625. The Morgan fingerprint density at radius 3 is 3.04 bits per heavy atom. The highest BCUT2D eigenvalue weighted by Crippen LogP contribution is 2.42. The van der Waals surface area contributed by atoms with Crippen LogP contribution in [0.1, 0.15) is 5.56 Å². The van der Waals surface area contributed by atoms with Gasteiger partial charge >= 0.3 is 0 Å². The van der Waals surface area contributed by atoms with Crippen LogP contribution in [-0.4, -0.2) is 22.0 Å². The minimum atomic E-state index is -0.160. The maximum Gasteiger partial charge on any atom is 0.270 e. The normalized spacial score (nSPS) is 17.9. The van der Waals surface area contributed by atoms with Gasteiger partial charge in [-0.2, -0.15) is 0 Å². The molecule has 1 saturated heterocycles. The van der Waals surface area contributed by atoms with Crippen molar-refractivity contribution in [1.82, 2.24) is 4.98 Å². The molecule has 5 nitrogen and oxygen atoms in total. The summed E-state index contributed by atoms with van der Waals surface area (Å²) < 4.78 is 12.0. The van der Waals surface area contributed by atoms with Crippen molar-refractivity contribution < 1.29 is 14.3 Å². The van der Waals surface area contributed by atoms with Crippen molar-refractivity contribution in [3.63, 3.8) is 0 Å². The first-order valence-electron chi connectivity index (χ1n) is 6.90. The Kier molecular flexibility index (Phi) is 4.03. The molecular weight excluding hydrogens is 412 g/mol. The summed E-state index contributed by atoms with van der Waals surface area (Å²) in [5, 5.41) is 0. The molecule has 0 radical (unpaired) electrons. The average Bonchev–Trinajstić information content (AvgIpc) is 3.14. The van der Waals surface area contributed by atoms with E-state index < -0.39 is 0 Å². The van der Waals surface area contributed by atoms with Crippen molar-refractivity contribution in [2.24, 2.45) is 0 Å². The third kappa shape index (κ3) is 2.70. The van der Waals surface area contributed by atoms with E-state index in [2.05, 4.69) is 20.9 Å². The molecule has 0 aliphatic carbocycles. The van der Waals surface area contributed by atoms with Crippen LogP contribution in [0.5, 0.6) is 11.5 Å². The molecule has 24 heavy (non-hydrogen) atoms. The monoisotopic (exact) mass is 420 g/mol. The fourth-order valence-corrected chi connectivity index (χ4v) is 4.27. The van der Waals surface area contributed by atoms with Gasteiger partial charge in [0.2, 0.25) is 6.79 Å². The lowest BCUT2D eigenvalue weighted by atomic mass is 10.2. The van der Waals surface area contributed by atoms with E-state index in [-0.39, 0.29) is 12.7 Å². The van der Waals surface area contributed by atoms with E-state index in [0.717, 1.165) is 10.0 Å². The molecule has 4 rings (SSSR count). The summed E-state index contributed by atoms with van der Waals surface area (Å²) in [7, 11) is 0. The molecule has 0 unspecified atom stereocenters. The molecule has 8 heteroatoms. The van der Waals surface area contributed by atoms with Crippen LogP contribution in [0.4, 0.5) is 5.69 Å². The van der Waals surface area contributed by atoms with Gasteiger partial charge < -0.3 is 9.47 Å². The van der Waals surface area contributed by atoms with Gasteiger partial charge in [0.15, 0.2) is 15.8 Å². The average molecular weight is 421 g/mol. The van der Waals surface area contributed by atoms with Gasteiger partial charge in [0.05, 0.1) is 21.3 Å². The minimum absolute atomic E-state index is 0.160. The lowest BCUT2D eigenvalue weighted by Crippen LogP contribution is -2.27. The Labute approximate surface area is 155 Å². The van der Waals surface area contributed by atoms with Gasteiger partial charge in [-0.1, -0.05) is 24.0 Å². The first kappa shape index (κ1) is 15.6. The molecule has 0 bridgehead atoms. The molecule has 0 atom stereocenters. The second kappa shape index (κ2) is 6.19. The van der Waals surface area contributed by atoms with Gasteiger partial charge in [-0.3, -0.25) is 14.7 Å². The third-order valence-electron chi connectivity index (χ3n) is 3.45. The highest BCUT2D eigenvalue weighted by atomic mass is 79.9. The molecule has 1 amide bonds. The number of fused-ring (bicyclic) bond motifs is 1. The van der Waals surface area contributed by atoms with Gasteiger partial charge in [-0.05, 0) is 51.8 Å². The zero-order valence-electron chi connectivity index (χ0n) is 12.1. The standard InChI is InChI=1S/C16H9BrN2O3S2/c17-11-4-9(5-12-14(11)22-8-21-12)6-13-15(20)19(16(23)24-13)10-2-1-3-18-7-10/h1-7H,8H2/b13-6-. The second-order valence-electron chi connectivity index (χ2n) is 4.96. The van der Waals surface area contributed by atoms with Gasteiger partial charge in [-0.15, -0.1) is 0 Å². The number of hydrogen-bond acceptors (Lipinski definition) is 6. The SMILES string of the molecule is O=C1/C(=C/c2cc(Br)c3c(c2)OCO3)SC(=S)N1c1cccnc1. The number of hydrogen-bond donors (Lipinski definition) is 0. The predicted molar refractivity (Wildman–Crippen MR) is 100 cm³/mol. The Morgan fingerprint density at radius 2 is 2.25 bits per heavy atom. The fourth-order valence-electron chi connectivity index (χ4n) is 2.40. The summed E-state index contributed by atoms with van der Waals surface area (Å²) in [6, 6.07) is 7.29. The lowest BCUT2D eigenvalue weighted by molar-refractivity contribution is -0.113. The zero-order valence-corrected chi connectivity index (χ0v) is 15.3. The van der Waals surface area contributed by atoms with E-state index in [0.29, 0.717) is 26.4 Å². The van der Waals surface area contributed by atoms with Crippen molar-refractivity contribution in [3.8, 4) is 11.5 Å². The summed E-state index contributed by atoms with van der Waals surface area (Å²) >= 11 is 10.1. The van der Waals surface area contributed by atoms with Crippen molar-refractivity contribution in [2.45, 2.75) is 0 Å². The summed E-state index contributed by atoms with van der Waals surface area (Å²) in [4.78, 5) is 18.8. The Bertz CT molecular complexity index is 886. The number of anilines is 1. The first-order valence-corrected chi connectivity index (χ1v) is 8.92. The number of benzene rings is 1. The summed E-state index contributed by atoms with van der Waals surface area (Å²) in [5.41, 5.74) is 1.49. The predicted octanol–water partition coefficient (Wildman–Crippen LogP) is 3.98. The largest absolute Gasteiger partial charge is 0.454 e. The molecule has 2 aromatic rings. The van der Waals surface area contributed by atoms with Crippen molar-refractivity contribution >= 4 is 61.9 Å². The molecule has 1 fully saturated rings. The summed E-state index contributed by atoms with van der Waals surface area (Å²) in [5.74, 6) is 1.17. The number of thiocarbonyl (C=S) groups is 1. The second-order valence-corrected chi connectivity index (χ2v) is 7.49. The Hall–Kier alpha value is -1.90. The van der Waals surface area contributed by atoms with Crippen LogP contribution in [0.25, 0.3) is 6.08 Å². The molecule has 0 N–H and O–H groups in total. The van der Waals surface area contributed by atoms with Gasteiger partial charge in [0, 0.05) is 6.20 Å². The molecule has 0 saturated carbocycles. The smallest absolute Gasteiger partial charge is 0.270 e. The number of carbonyl (C=O) groups is 1. The van der Waals surface area contributed by atoms with Crippen LogP contribution in [0.3, 0.4) is 0 Å². The number of ether oxygens (including phenoxy) is 2. The quantitative estimate of drug-likeness (QED) is 0.540. The summed E-state index contributed by atoms with van der Waals surface area (Å²) in [6.45, 7) is 0.195. The van der Waals surface area contributed by atoms with Crippen LogP contribution in [0.15, 0.2) is 46.0 Å². The number of pyridine rings is 1. The van der Waals surface area contributed by atoms with E-state index in [1.165, 1.54) is 16.7 Å². The molecule has 1 aromatic carbocycles. The van der Waals surface area contributed by atoms with Crippen LogP contribution < -0.4 is 14.4 Å². The number of rotatable bonds is 2. The maximum atomic E-state index is 12.7. The van der Waals surface area contributed by atoms with Crippen LogP contribution in [0.2, 0.25) is 0 Å². The molecule has 120 valence electrons. The highest BCUT2D eigenvalue weighted by Gasteiger charge is 2.33. The number of thioether (sulfide) groups is 1. The van der Waals surface area contributed by atoms with Crippen LogP contribution in [0, 0.1) is 0 Å². The molecule has 2 aliphatic heterocycles. The molecule has 1 aromatic heterocycles. The molecule has 3 heterocycles. The van der Waals surface area contributed by atoms with E-state index in [9.17, 15) is 4.79 Å². The number of halogens is 1. The van der Waals surface area contributed by atoms with Crippen molar-refractivity contribution in [1.29, 1.82) is 0 Å². The van der Waals surface area contributed by atoms with Crippen LogP contribution >= 0.6 is 39.9 Å². The Morgan fingerprint density at radius 1 is 1.38 bits per heavy atom. The van der Waals surface area contributed by atoms with E-state index in [4.69, 9.17) is 21.7 Å². The van der Waals surface area contributed by atoms with E-state index >= 15 is 0 Å². The van der Waals surface area contributed by atoms with Gasteiger partial charge in [0.1, 0.15) is 0 Å². The Balaban J connectivity index is 1.68. The summed E-state index contributed by atoms with van der Waals surface area (Å²) in [6.07, 6.45) is 5.06. The number of nitrogens with zero attached hydrogens (tertiary/aromatic N) is 2. The number of aromatic nitrogens is 1. The van der Waals surface area contributed by atoms with Gasteiger partial charge in [-0.25, -0.2) is 0 Å². The van der Waals surface area contributed by atoms with E-state index in [1.54, 1.807) is 30.6 Å². The number of carbonyl (C=O) groups excluding carboxylic acids is 1. The van der Waals surface area contributed by atoms with Crippen LogP contribution in [-0.2, 0) is 4.79 Å². The van der Waals surface area contributed by atoms with E-state index in [1.807, 2.05) is 12.1 Å². The van der Waals surface area contributed by atoms with Crippen molar-refractivity contribution in [3.05, 3.63) is 51.6 Å². The third-order valence-corrected chi connectivity index (χ3v) is 5.34. The molecule has 2 aliphatic rings. The molecule has 0 spiro atoms. The van der Waals surface area contributed by atoms with Crippen molar-refractivity contribution in [2.75, 3.05) is 11.7 Å².